The number of ether oxygens (including phenoxy) is 2. The molecule has 4 heteroatoms. The van der Waals surface area contributed by atoms with Gasteiger partial charge in [0.15, 0.2) is 11.5 Å². The summed E-state index contributed by atoms with van der Waals surface area (Å²) in [5.41, 5.74) is 2.89. The smallest absolute Gasteiger partial charge is 0.235 e. The molecule has 4 nitrogen and oxygen atoms in total. The van der Waals surface area contributed by atoms with E-state index < -0.39 is 0 Å². The SMILES string of the molecule is O=C1Nc2ccccc2[C@@H]1C=Cc1ccc2c(c1)OCO2. The van der Waals surface area contributed by atoms with Crippen molar-refractivity contribution in [3.05, 3.63) is 59.7 Å². The minimum absolute atomic E-state index is 0.00759. The Labute approximate surface area is 122 Å². The van der Waals surface area contributed by atoms with Crippen LogP contribution in [0.15, 0.2) is 48.5 Å². The molecule has 21 heavy (non-hydrogen) atoms. The standard InChI is InChI=1S/C17H13NO3/c19-17-13(12-3-1-2-4-14(12)18-17)7-5-11-6-8-15-16(9-11)21-10-20-15/h1-9,13H,10H2,(H,18,19)/t13-/m0/s1. The fourth-order valence-electron chi connectivity index (χ4n) is 2.65. The van der Waals surface area contributed by atoms with Crippen molar-refractivity contribution in [2.75, 3.05) is 12.1 Å². The van der Waals surface area contributed by atoms with Gasteiger partial charge in [-0.1, -0.05) is 36.4 Å². The van der Waals surface area contributed by atoms with E-state index in [9.17, 15) is 4.79 Å². The summed E-state index contributed by atoms with van der Waals surface area (Å²) in [4.78, 5) is 12.0. The average Bonchev–Trinajstić information content (AvgIpc) is 3.08. The maximum Gasteiger partial charge on any atom is 0.235 e. The van der Waals surface area contributed by atoms with Gasteiger partial charge < -0.3 is 14.8 Å². The molecule has 0 bridgehead atoms. The molecule has 4 rings (SSSR count). The molecular formula is C17H13NO3. The van der Waals surface area contributed by atoms with Gasteiger partial charge in [0.25, 0.3) is 0 Å². The number of benzene rings is 2. The number of anilines is 1. The van der Waals surface area contributed by atoms with Crippen molar-refractivity contribution in [3.8, 4) is 11.5 Å². The number of nitrogens with one attached hydrogen (secondary N) is 1. The van der Waals surface area contributed by atoms with Gasteiger partial charge in [-0.05, 0) is 29.3 Å². The van der Waals surface area contributed by atoms with E-state index in [0.29, 0.717) is 0 Å². The largest absolute Gasteiger partial charge is 0.454 e. The summed E-state index contributed by atoms with van der Waals surface area (Å²) < 4.78 is 10.6. The van der Waals surface area contributed by atoms with Crippen LogP contribution in [-0.2, 0) is 4.79 Å². The first-order chi connectivity index (χ1) is 10.3. The van der Waals surface area contributed by atoms with Crippen LogP contribution in [0.5, 0.6) is 11.5 Å². The first-order valence-electron chi connectivity index (χ1n) is 6.79. The third-order valence-electron chi connectivity index (χ3n) is 3.71. The number of amides is 1. The predicted octanol–water partition coefficient (Wildman–Crippen LogP) is 3.16. The second-order valence-corrected chi connectivity index (χ2v) is 5.03. The molecule has 0 aromatic heterocycles. The Kier molecular flexibility index (Phi) is 2.67. The lowest BCUT2D eigenvalue weighted by Gasteiger charge is -2.02. The lowest BCUT2D eigenvalue weighted by molar-refractivity contribution is -0.116. The van der Waals surface area contributed by atoms with Crippen molar-refractivity contribution in [2.45, 2.75) is 5.92 Å². The highest BCUT2D eigenvalue weighted by Crippen LogP contribution is 2.35. The average molecular weight is 279 g/mol. The second kappa shape index (κ2) is 4.66. The summed E-state index contributed by atoms with van der Waals surface area (Å²) in [6, 6.07) is 13.5. The summed E-state index contributed by atoms with van der Waals surface area (Å²) in [6.07, 6.45) is 3.85. The van der Waals surface area contributed by atoms with Crippen molar-refractivity contribution in [3.63, 3.8) is 0 Å². The minimum atomic E-state index is -0.244. The Morgan fingerprint density at radius 1 is 1.10 bits per heavy atom. The fourth-order valence-corrected chi connectivity index (χ4v) is 2.65. The monoisotopic (exact) mass is 279 g/mol. The van der Waals surface area contributed by atoms with Crippen LogP contribution in [0.1, 0.15) is 17.0 Å². The second-order valence-electron chi connectivity index (χ2n) is 5.03. The number of hydrogen-bond acceptors (Lipinski definition) is 3. The van der Waals surface area contributed by atoms with Gasteiger partial charge in [-0.25, -0.2) is 0 Å². The molecule has 0 saturated carbocycles. The third-order valence-corrected chi connectivity index (χ3v) is 3.71. The molecule has 1 amide bonds. The molecule has 0 radical (unpaired) electrons. The Morgan fingerprint density at radius 3 is 2.90 bits per heavy atom. The molecule has 0 aliphatic carbocycles. The molecule has 1 N–H and O–H groups in total. The van der Waals surface area contributed by atoms with Gasteiger partial charge in [-0.3, -0.25) is 4.79 Å². The van der Waals surface area contributed by atoms with Crippen molar-refractivity contribution < 1.29 is 14.3 Å². The number of hydrogen-bond donors (Lipinski definition) is 1. The zero-order valence-corrected chi connectivity index (χ0v) is 11.2. The Morgan fingerprint density at radius 2 is 1.95 bits per heavy atom. The van der Waals surface area contributed by atoms with Crippen molar-refractivity contribution in [1.29, 1.82) is 0 Å². The van der Waals surface area contributed by atoms with E-state index in [4.69, 9.17) is 9.47 Å². The van der Waals surface area contributed by atoms with E-state index >= 15 is 0 Å². The highest BCUT2D eigenvalue weighted by molar-refractivity contribution is 6.04. The summed E-state index contributed by atoms with van der Waals surface area (Å²) in [7, 11) is 0. The van der Waals surface area contributed by atoms with Crippen LogP contribution in [0.25, 0.3) is 6.08 Å². The molecule has 104 valence electrons. The first kappa shape index (κ1) is 12.0. The zero-order chi connectivity index (χ0) is 14.2. The molecule has 0 spiro atoms. The van der Waals surface area contributed by atoms with Crippen molar-refractivity contribution >= 4 is 17.7 Å². The van der Waals surface area contributed by atoms with Crippen LogP contribution in [0.4, 0.5) is 5.69 Å². The third kappa shape index (κ3) is 2.05. The van der Waals surface area contributed by atoms with Gasteiger partial charge in [-0.15, -0.1) is 0 Å². The number of para-hydroxylation sites is 1. The number of carbonyl (C=O) groups excluding carboxylic acids is 1. The maximum atomic E-state index is 12.0. The van der Waals surface area contributed by atoms with E-state index in [-0.39, 0.29) is 18.6 Å². The quantitative estimate of drug-likeness (QED) is 0.918. The molecule has 1 atom stereocenters. The summed E-state index contributed by atoms with van der Waals surface area (Å²) in [6.45, 7) is 0.265. The molecule has 0 saturated heterocycles. The minimum Gasteiger partial charge on any atom is -0.454 e. The van der Waals surface area contributed by atoms with E-state index in [2.05, 4.69) is 5.32 Å². The first-order valence-corrected chi connectivity index (χ1v) is 6.79. The van der Waals surface area contributed by atoms with Crippen LogP contribution in [0.2, 0.25) is 0 Å². The van der Waals surface area contributed by atoms with Gasteiger partial charge in [-0.2, -0.15) is 0 Å². The van der Waals surface area contributed by atoms with Crippen LogP contribution >= 0.6 is 0 Å². The molecule has 2 aliphatic heterocycles. The Hall–Kier alpha value is -2.75. The van der Waals surface area contributed by atoms with E-state index in [1.165, 1.54) is 0 Å². The lowest BCUT2D eigenvalue weighted by Crippen LogP contribution is -2.09. The molecule has 2 heterocycles. The predicted molar refractivity (Wildman–Crippen MR) is 79.4 cm³/mol. The fraction of sp³-hybridized carbons (Fsp3) is 0.118. The van der Waals surface area contributed by atoms with Gasteiger partial charge in [0, 0.05) is 5.69 Å². The van der Waals surface area contributed by atoms with Gasteiger partial charge in [0.05, 0.1) is 5.92 Å². The number of fused-ring (bicyclic) bond motifs is 2. The molecule has 0 fully saturated rings. The van der Waals surface area contributed by atoms with Crippen LogP contribution < -0.4 is 14.8 Å². The highest BCUT2D eigenvalue weighted by atomic mass is 16.7. The number of rotatable bonds is 2. The summed E-state index contributed by atoms with van der Waals surface area (Å²) in [5, 5.41) is 2.89. The van der Waals surface area contributed by atoms with E-state index in [0.717, 1.165) is 28.3 Å². The Balaban J connectivity index is 1.62. The zero-order valence-electron chi connectivity index (χ0n) is 11.2. The molecule has 2 aromatic rings. The summed E-state index contributed by atoms with van der Waals surface area (Å²) >= 11 is 0. The van der Waals surface area contributed by atoms with Crippen LogP contribution in [0, 0.1) is 0 Å². The van der Waals surface area contributed by atoms with Gasteiger partial charge >= 0.3 is 0 Å². The molecule has 2 aromatic carbocycles. The van der Waals surface area contributed by atoms with Gasteiger partial charge in [0.1, 0.15) is 0 Å². The molecular weight excluding hydrogens is 266 g/mol. The number of carbonyl (C=O) groups is 1. The molecule has 0 unspecified atom stereocenters. The van der Waals surface area contributed by atoms with Crippen molar-refractivity contribution in [2.24, 2.45) is 0 Å². The van der Waals surface area contributed by atoms with Gasteiger partial charge in [0.2, 0.25) is 12.7 Å². The highest BCUT2D eigenvalue weighted by Gasteiger charge is 2.27. The van der Waals surface area contributed by atoms with E-state index in [1.54, 1.807) is 0 Å². The van der Waals surface area contributed by atoms with Crippen LogP contribution in [0.3, 0.4) is 0 Å². The maximum absolute atomic E-state index is 12.0. The summed E-state index contributed by atoms with van der Waals surface area (Å²) in [5.74, 6) is 1.27. The van der Waals surface area contributed by atoms with E-state index in [1.807, 2.05) is 54.6 Å². The van der Waals surface area contributed by atoms with Crippen LogP contribution in [-0.4, -0.2) is 12.7 Å². The molecule has 2 aliphatic rings. The van der Waals surface area contributed by atoms with Crippen molar-refractivity contribution in [1.82, 2.24) is 0 Å². The topological polar surface area (TPSA) is 47.6 Å². The normalized spacial score (nSPS) is 18.9. The lowest BCUT2D eigenvalue weighted by atomic mass is 9.99. The Bertz CT molecular complexity index is 751.